The summed E-state index contributed by atoms with van der Waals surface area (Å²) in [7, 11) is -2.87. The van der Waals surface area contributed by atoms with Crippen LogP contribution in [0.5, 0.6) is 11.5 Å². The second-order valence-corrected chi connectivity index (χ2v) is 14.2. The SMILES string of the molecule is COC(=O)NCCCCC(C)(C)CN(C[C@@H](O)[C@H](Cc1ccccc1)NC(=O)OC1COCOC1)S(=O)(=O)c1ccc2c(c1)OCO2. The summed E-state index contributed by atoms with van der Waals surface area (Å²) in [6.45, 7) is 4.50. The zero-order valence-electron chi connectivity index (χ0n) is 27.0. The predicted molar refractivity (Wildman–Crippen MR) is 169 cm³/mol. The monoisotopic (exact) mass is 679 g/mol. The number of methoxy groups -OCH3 is 1. The van der Waals surface area contributed by atoms with Crippen LogP contribution in [0.2, 0.25) is 0 Å². The normalized spacial score (nSPS) is 16.4. The zero-order chi connectivity index (χ0) is 33.9. The predicted octanol–water partition coefficient (Wildman–Crippen LogP) is 3.03. The van der Waals surface area contributed by atoms with Gasteiger partial charge in [-0.2, -0.15) is 4.31 Å². The van der Waals surface area contributed by atoms with E-state index >= 15 is 0 Å². The Bertz CT molecular complexity index is 1420. The summed E-state index contributed by atoms with van der Waals surface area (Å²) >= 11 is 0. The van der Waals surface area contributed by atoms with Crippen LogP contribution >= 0.6 is 0 Å². The van der Waals surface area contributed by atoms with Crippen molar-refractivity contribution in [2.75, 3.05) is 53.5 Å². The molecule has 3 N–H and O–H groups in total. The van der Waals surface area contributed by atoms with E-state index in [-0.39, 0.29) is 51.2 Å². The van der Waals surface area contributed by atoms with Gasteiger partial charge in [0.1, 0.15) is 6.79 Å². The number of aliphatic hydroxyl groups excluding tert-OH is 1. The smallest absolute Gasteiger partial charge is 0.407 e. The third-order valence-electron chi connectivity index (χ3n) is 7.83. The molecule has 2 aliphatic heterocycles. The minimum Gasteiger partial charge on any atom is -0.454 e. The van der Waals surface area contributed by atoms with Gasteiger partial charge in [0.2, 0.25) is 16.8 Å². The molecule has 1 saturated heterocycles. The number of hydrogen-bond donors (Lipinski definition) is 3. The molecule has 47 heavy (non-hydrogen) atoms. The molecular weight excluding hydrogens is 634 g/mol. The van der Waals surface area contributed by atoms with Gasteiger partial charge in [-0.05, 0) is 42.4 Å². The number of nitrogens with zero attached hydrogens (tertiary/aromatic N) is 1. The second-order valence-electron chi connectivity index (χ2n) is 12.2. The summed E-state index contributed by atoms with van der Waals surface area (Å²) in [4.78, 5) is 24.3. The molecule has 2 heterocycles. The highest BCUT2D eigenvalue weighted by atomic mass is 32.2. The standard InChI is InChI=1S/C32H45N3O11S/c1-32(2,13-7-8-14-33-30(37)41-3)20-35(47(39,40)25-11-12-28-29(16-25)45-22-44-28)17-27(36)26(15-23-9-5-4-6-10-23)34-31(38)46-24-18-42-21-43-19-24/h4-6,9-12,16,24,26-27,36H,7-8,13-15,17-22H2,1-3H3,(H,33,37)(H,34,38)/t26-,27+/m0/s1. The maximum atomic E-state index is 14.2. The van der Waals surface area contributed by atoms with Crippen LogP contribution in [0, 0.1) is 5.41 Å². The Kier molecular flexibility index (Phi) is 13.1. The number of sulfonamides is 1. The van der Waals surface area contributed by atoms with Gasteiger partial charge in [-0.3, -0.25) is 0 Å². The highest BCUT2D eigenvalue weighted by Crippen LogP contribution is 2.36. The lowest BCUT2D eigenvalue weighted by Crippen LogP contribution is -2.52. The second kappa shape index (κ2) is 17.0. The Morgan fingerprint density at radius 1 is 1.02 bits per heavy atom. The van der Waals surface area contributed by atoms with Gasteiger partial charge in [0, 0.05) is 25.7 Å². The number of fused-ring (bicyclic) bond motifs is 1. The Morgan fingerprint density at radius 2 is 1.74 bits per heavy atom. The number of alkyl carbamates (subject to hydrolysis) is 2. The van der Waals surface area contributed by atoms with E-state index in [9.17, 15) is 23.1 Å². The van der Waals surface area contributed by atoms with E-state index < -0.39 is 45.9 Å². The van der Waals surface area contributed by atoms with Gasteiger partial charge in [-0.25, -0.2) is 18.0 Å². The molecule has 0 aliphatic carbocycles. The molecule has 2 aromatic carbocycles. The molecule has 260 valence electrons. The summed E-state index contributed by atoms with van der Waals surface area (Å²) in [6, 6.07) is 12.7. The first-order chi connectivity index (χ1) is 22.5. The van der Waals surface area contributed by atoms with E-state index in [1.165, 1.54) is 29.6 Å². The number of ether oxygens (including phenoxy) is 6. The van der Waals surface area contributed by atoms with Gasteiger partial charge in [0.05, 0.1) is 37.4 Å². The average molecular weight is 680 g/mol. The lowest BCUT2D eigenvalue weighted by atomic mass is 9.87. The molecule has 2 aromatic rings. The lowest BCUT2D eigenvalue weighted by Gasteiger charge is -2.35. The number of rotatable bonds is 16. The molecule has 0 bridgehead atoms. The van der Waals surface area contributed by atoms with Gasteiger partial charge < -0.3 is 44.2 Å². The van der Waals surface area contributed by atoms with Crippen molar-refractivity contribution in [1.82, 2.24) is 14.9 Å². The van der Waals surface area contributed by atoms with Crippen molar-refractivity contribution in [1.29, 1.82) is 0 Å². The van der Waals surface area contributed by atoms with Gasteiger partial charge >= 0.3 is 12.2 Å². The van der Waals surface area contributed by atoms with E-state index in [2.05, 4.69) is 15.4 Å². The molecule has 0 radical (unpaired) electrons. The summed E-state index contributed by atoms with van der Waals surface area (Å²) in [5, 5.41) is 17.0. The highest BCUT2D eigenvalue weighted by Gasteiger charge is 2.36. The maximum absolute atomic E-state index is 14.2. The molecular formula is C32H45N3O11S. The third kappa shape index (κ3) is 11.0. The Hall–Kier alpha value is -3.63. The first kappa shape index (κ1) is 36.2. The number of benzene rings is 2. The van der Waals surface area contributed by atoms with Crippen LogP contribution in [0.4, 0.5) is 9.59 Å². The lowest BCUT2D eigenvalue weighted by molar-refractivity contribution is -0.151. The molecule has 15 heteroatoms. The number of aliphatic hydroxyl groups is 1. The van der Waals surface area contributed by atoms with E-state index in [1.54, 1.807) is 0 Å². The van der Waals surface area contributed by atoms with Crippen molar-refractivity contribution in [3.8, 4) is 11.5 Å². The fourth-order valence-electron chi connectivity index (χ4n) is 5.34. The first-order valence-corrected chi connectivity index (χ1v) is 17.0. The molecule has 0 aromatic heterocycles. The molecule has 4 rings (SSSR count). The molecule has 0 unspecified atom stereocenters. The van der Waals surface area contributed by atoms with Crippen LogP contribution in [0.3, 0.4) is 0 Å². The zero-order valence-corrected chi connectivity index (χ0v) is 27.8. The number of nitrogens with one attached hydrogen (secondary N) is 2. The Balaban J connectivity index is 1.54. The molecule has 14 nitrogen and oxygen atoms in total. The fourth-order valence-corrected chi connectivity index (χ4v) is 7.00. The first-order valence-electron chi connectivity index (χ1n) is 15.5. The fraction of sp³-hybridized carbons (Fsp3) is 0.562. The van der Waals surface area contributed by atoms with Crippen molar-refractivity contribution in [3.05, 3.63) is 54.1 Å². The summed E-state index contributed by atoms with van der Waals surface area (Å²) in [5.74, 6) is 0.752. The molecule has 0 spiro atoms. The van der Waals surface area contributed by atoms with Crippen LogP contribution in [-0.4, -0.2) is 102 Å². The number of amides is 2. The van der Waals surface area contributed by atoms with Crippen molar-refractivity contribution in [2.45, 2.75) is 62.7 Å². The molecule has 1 fully saturated rings. The summed E-state index contributed by atoms with van der Waals surface area (Å²) < 4.78 is 60.9. The number of unbranched alkanes of at least 4 members (excludes halogenated alkanes) is 1. The van der Waals surface area contributed by atoms with E-state index in [4.69, 9.17) is 23.7 Å². The largest absolute Gasteiger partial charge is 0.454 e. The number of carbonyl (C=O) groups is 2. The quantitative estimate of drug-likeness (QED) is 0.223. The Morgan fingerprint density at radius 3 is 2.47 bits per heavy atom. The number of carbonyl (C=O) groups excluding carboxylic acids is 2. The topological polar surface area (TPSA) is 171 Å². The van der Waals surface area contributed by atoms with Crippen molar-refractivity contribution >= 4 is 22.2 Å². The summed E-state index contributed by atoms with van der Waals surface area (Å²) in [5.41, 5.74) is 0.295. The summed E-state index contributed by atoms with van der Waals surface area (Å²) in [6.07, 6.45) is -1.03. The van der Waals surface area contributed by atoms with Crippen molar-refractivity contribution in [3.63, 3.8) is 0 Å². The number of hydrogen-bond acceptors (Lipinski definition) is 11. The van der Waals surface area contributed by atoms with Crippen LogP contribution in [0.1, 0.15) is 38.7 Å². The van der Waals surface area contributed by atoms with Gasteiger partial charge in [-0.1, -0.05) is 50.6 Å². The van der Waals surface area contributed by atoms with E-state index in [1.807, 2.05) is 44.2 Å². The highest BCUT2D eigenvalue weighted by molar-refractivity contribution is 7.89. The third-order valence-corrected chi connectivity index (χ3v) is 9.63. The molecule has 2 atom stereocenters. The van der Waals surface area contributed by atoms with Crippen molar-refractivity contribution in [2.24, 2.45) is 5.41 Å². The van der Waals surface area contributed by atoms with E-state index in [0.717, 1.165) is 5.56 Å². The van der Waals surface area contributed by atoms with Gasteiger partial charge in [-0.15, -0.1) is 0 Å². The van der Waals surface area contributed by atoms with Gasteiger partial charge in [0.15, 0.2) is 17.6 Å². The maximum Gasteiger partial charge on any atom is 0.407 e. The van der Waals surface area contributed by atoms with Crippen molar-refractivity contribution < 1.29 is 51.5 Å². The van der Waals surface area contributed by atoms with Crippen LogP contribution in [0.15, 0.2) is 53.4 Å². The molecule has 2 amide bonds. The van der Waals surface area contributed by atoms with Crippen LogP contribution < -0.4 is 20.1 Å². The van der Waals surface area contributed by atoms with Gasteiger partial charge in [0.25, 0.3) is 0 Å². The molecule has 0 saturated carbocycles. The Labute approximate surface area is 275 Å². The van der Waals surface area contributed by atoms with Crippen LogP contribution in [0.25, 0.3) is 0 Å². The minimum absolute atomic E-state index is 0.0127. The average Bonchev–Trinajstić information content (AvgIpc) is 3.53. The van der Waals surface area contributed by atoms with Crippen LogP contribution in [-0.2, 0) is 35.4 Å². The molecule has 2 aliphatic rings. The minimum atomic E-state index is -4.17. The van der Waals surface area contributed by atoms with E-state index in [0.29, 0.717) is 37.3 Å².